The van der Waals surface area contributed by atoms with Crippen LogP contribution in [-0.2, 0) is 23.4 Å². The fraction of sp³-hybridized carbons (Fsp3) is 0.458. The van der Waals surface area contributed by atoms with Gasteiger partial charge in [0, 0.05) is 6.20 Å². The van der Waals surface area contributed by atoms with E-state index < -0.39 is 43.1 Å². The summed E-state index contributed by atoms with van der Waals surface area (Å²) in [5.74, 6) is -0.0952. The molecule has 3 heterocycles. The normalized spacial score (nSPS) is 25.8. The number of nitrogens with two attached hydrogens (primary N) is 1. The lowest BCUT2D eigenvalue weighted by molar-refractivity contribution is -0.149. The Labute approximate surface area is 225 Å². The number of esters is 1. The fourth-order valence-electron chi connectivity index (χ4n) is 4.04. The van der Waals surface area contributed by atoms with E-state index in [1.165, 1.54) is 13.3 Å². The van der Waals surface area contributed by atoms with E-state index in [0.717, 1.165) is 0 Å². The van der Waals surface area contributed by atoms with E-state index in [2.05, 4.69) is 15.1 Å². The number of aliphatic hydroxyl groups excluding tert-OH is 1. The number of nitrogens with zero attached hydrogens (tertiary/aromatic N) is 3. The van der Waals surface area contributed by atoms with E-state index in [0.29, 0.717) is 16.9 Å². The Morgan fingerprint density at radius 2 is 2.00 bits per heavy atom. The zero-order valence-electron chi connectivity index (χ0n) is 21.4. The van der Waals surface area contributed by atoms with Crippen LogP contribution >= 0.6 is 19.3 Å². The summed E-state index contributed by atoms with van der Waals surface area (Å²) in [6, 6.07) is 9.04. The van der Waals surface area contributed by atoms with Gasteiger partial charge in [0.1, 0.15) is 46.7 Å². The zero-order chi connectivity index (χ0) is 27.7. The molecular weight excluding hydrogens is 537 g/mol. The summed E-state index contributed by atoms with van der Waals surface area (Å²) in [5, 5.41) is 14.2. The predicted molar refractivity (Wildman–Crippen MR) is 141 cm³/mol. The number of benzene rings is 1. The number of anilines is 1. The first kappa shape index (κ1) is 28.3. The molecule has 2 aromatic heterocycles. The number of hydrogen-bond donors (Lipinski definition) is 3. The van der Waals surface area contributed by atoms with Gasteiger partial charge in [0.25, 0.3) is 0 Å². The van der Waals surface area contributed by atoms with Gasteiger partial charge in [0.05, 0.1) is 18.1 Å². The second-order valence-electron chi connectivity index (χ2n) is 9.38. The maximum atomic E-state index is 13.8. The van der Waals surface area contributed by atoms with Crippen LogP contribution < -0.4 is 15.3 Å². The number of aliphatic hydroxyl groups is 1. The summed E-state index contributed by atoms with van der Waals surface area (Å²) in [7, 11) is -4.17. The summed E-state index contributed by atoms with van der Waals surface area (Å²) >= 11 is 6.76. The van der Waals surface area contributed by atoms with E-state index in [9.17, 15) is 14.5 Å². The largest absolute Gasteiger partial charge is 0.462 e. The Hall–Kier alpha value is -2.73. The second-order valence-corrected chi connectivity index (χ2v) is 11.9. The molecule has 1 aromatic carbocycles. The highest BCUT2D eigenvalue weighted by atomic mass is 35.5. The van der Waals surface area contributed by atoms with Crippen molar-refractivity contribution < 1.29 is 33.0 Å². The number of nitrogen functional groups attached to an aromatic ring is 1. The Bertz CT molecular complexity index is 1320. The highest BCUT2D eigenvalue weighted by Gasteiger charge is 2.54. The van der Waals surface area contributed by atoms with Crippen LogP contribution in [0.1, 0.15) is 33.9 Å². The van der Waals surface area contributed by atoms with Crippen molar-refractivity contribution in [3.05, 3.63) is 48.9 Å². The second kappa shape index (κ2) is 11.2. The molecule has 0 amide bonds. The average molecular weight is 568 g/mol. The van der Waals surface area contributed by atoms with E-state index in [1.54, 1.807) is 67.9 Å². The predicted octanol–water partition coefficient (Wildman–Crippen LogP) is 3.40. The molecule has 0 spiro atoms. The van der Waals surface area contributed by atoms with Crippen LogP contribution in [0.4, 0.5) is 5.82 Å². The Kier molecular flexibility index (Phi) is 8.32. The fourth-order valence-corrected chi connectivity index (χ4v) is 5.84. The Morgan fingerprint density at radius 1 is 1.29 bits per heavy atom. The number of para-hydroxylation sites is 1. The van der Waals surface area contributed by atoms with E-state index >= 15 is 0 Å². The number of hydrogen-bond acceptors (Lipinski definition) is 10. The van der Waals surface area contributed by atoms with Crippen LogP contribution in [0.3, 0.4) is 0 Å². The van der Waals surface area contributed by atoms with Gasteiger partial charge in [-0.2, -0.15) is 5.09 Å². The number of rotatable bonds is 10. The van der Waals surface area contributed by atoms with Gasteiger partial charge in [0.2, 0.25) is 0 Å². The third-order valence-corrected chi connectivity index (χ3v) is 8.00. The molecule has 0 radical (unpaired) electrons. The minimum absolute atomic E-state index is 0.247. The first-order chi connectivity index (χ1) is 17.9. The minimum atomic E-state index is -4.17. The molecule has 3 aromatic rings. The van der Waals surface area contributed by atoms with E-state index in [4.69, 9.17) is 35.9 Å². The maximum absolute atomic E-state index is 13.8. The molecule has 0 bridgehead atoms. The Morgan fingerprint density at radius 3 is 2.68 bits per heavy atom. The molecule has 1 aliphatic heterocycles. The topological polar surface area (TPSA) is 160 Å². The van der Waals surface area contributed by atoms with Crippen LogP contribution in [0.2, 0.25) is 0 Å². The van der Waals surface area contributed by atoms with Crippen molar-refractivity contribution in [3.63, 3.8) is 0 Å². The van der Waals surface area contributed by atoms with Gasteiger partial charge < -0.3 is 29.4 Å². The van der Waals surface area contributed by atoms with Crippen molar-refractivity contribution in [2.75, 3.05) is 12.3 Å². The number of nitrogens with one attached hydrogen (secondary N) is 1. The summed E-state index contributed by atoms with van der Waals surface area (Å²) in [5.41, 5.74) is 6.42. The number of carbonyl (C=O) groups is 1. The van der Waals surface area contributed by atoms with Crippen molar-refractivity contribution >= 4 is 42.2 Å². The number of fused-ring (bicyclic) bond motifs is 1. The monoisotopic (exact) mass is 567 g/mol. The third kappa shape index (κ3) is 5.96. The van der Waals surface area contributed by atoms with Crippen molar-refractivity contribution in [1.82, 2.24) is 19.6 Å². The summed E-state index contributed by atoms with van der Waals surface area (Å²) < 4.78 is 38.0. The van der Waals surface area contributed by atoms with Crippen LogP contribution in [0, 0.1) is 0 Å². The van der Waals surface area contributed by atoms with Gasteiger partial charge in [-0.15, -0.1) is 11.6 Å². The highest BCUT2D eigenvalue weighted by Crippen LogP contribution is 2.48. The number of carbonyl (C=O) groups excluding carboxylic acids is 1. The smallest absolute Gasteiger partial charge is 0.459 e. The lowest BCUT2D eigenvalue weighted by Gasteiger charge is -2.27. The summed E-state index contributed by atoms with van der Waals surface area (Å²) in [6.07, 6.45) is -0.482. The molecule has 0 aliphatic carbocycles. The van der Waals surface area contributed by atoms with Gasteiger partial charge in [0.15, 0.2) is 6.23 Å². The summed E-state index contributed by atoms with van der Waals surface area (Å²) in [6.45, 7) is 6.12. The van der Waals surface area contributed by atoms with Crippen LogP contribution in [-0.4, -0.2) is 61.4 Å². The van der Waals surface area contributed by atoms with Crippen LogP contribution in [0.5, 0.6) is 5.75 Å². The number of alkyl halides is 1. The first-order valence-electron chi connectivity index (χ1n) is 12.0. The number of aromatic nitrogens is 3. The standard InChI is InChI=1S/C24H31ClN5O7P/c1-14(2)35-22(32)15(3)29-38(33,37-16-8-6-5-7-9-16)34-12-18-19(31)24(4,25)23(36-18)30-11-10-17-20(26)27-13-28-21(17)30/h5-11,13-15,18-19,23,31H,12H2,1-4H3,(H,29,33)(H2,26,27,28)/t15-,18+,19+,23+,24+,38-/m0/s1. The molecule has 12 nitrogen and oxygen atoms in total. The quantitative estimate of drug-likeness (QED) is 0.187. The molecular formula is C24H31ClN5O7P. The van der Waals surface area contributed by atoms with Crippen molar-refractivity contribution in [3.8, 4) is 5.75 Å². The average Bonchev–Trinajstić information content (AvgIpc) is 3.37. The van der Waals surface area contributed by atoms with Crippen molar-refractivity contribution in [1.29, 1.82) is 0 Å². The molecule has 4 N–H and O–H groups in total. The van der Waals surface area contributed by atoms with E-state index in [-0.39, 0.29) is 18.5 Å². The SMILES string of the molecule is CC(C)OC(=O)[C@H](C)N[P@](=O)(OC[C@H]1O[C@@H](n2ccc3c(N)ncnc32)[C@](C)(Cl)[C@@H]1O)Oc1ccccc1. The Balaban J connectivity index is 1.54. The molecule has 0 saturated carbocycles. The molecule has 14 heteroatoms. The molecule has 1 fully saturated rings. The van der Waals surface area contributed by atoms with Crippen LogP contribution in [0.25, 0.3) is 11.0 Å². The first-order valence-corrected chi connectivity index (χ1v) is 13.9. The molecule has 206 valence electrons. The third-order valence-electron chi connectivity index (χ3n) is 5.94. The molecule has 6 atom stereocenters. The molecule has 0 unspecified atom stereocenters. The zero-order valence-corrected chi connectivity index (χ0v) is 23.0. The lowest BCUT2D eigenvalue weighted by atomic mass is 10.0. The lowest BCUT2D eigenvalue weighted by Crippen LogP contribution is -2.40. The minimum Gasteiger partial charge on any atom is -0.462 e. The maximum Gasteiger partial charge on any atom is 0.459 e. The molecule has 1 aliphatic rings. The molecule has 38 heavy (non-hydrogen) atoms. The van der Waals surface area contributed by atoms with Gasteiger partial charge >= 0.3 is 13.7 Å². The highest BCUT2D eigenvalue weighted by molar-refractivity contribution is 7.52. The van der Waals surface area contributed by atoms with Gasteiger partial charge in [-0.1, -0.05) is 18.2 Å². The van der Waals surface area contributed by atoms with Gasteiger partial charge in [-0.05, 0) is 45.9 Å². The van der Waals surface area contributed by atoms with E-state index in [1.807, 2.05) is 0 Å². The van der Waals surface area contributed by atoms with Crippen LogP contribution in [0.15, 0.2) is 48.9 Å². The van der Waals surface area contributed by atoms with Gasteiger partial charge in [-0.3, -0.25) is 9.32 Å². The van der Waals surface area contributed by atoms with Gasteiger partial charge in [-0.25, -0.2) is 14.5 Å². The molecule has 4 rings (SSSR count). The van der Waals surface area contributed by atoms with Crippen molar-refractivity contribution in [2.24, 2.45) is 0 Å². The van der Waals surface area contributed by atoms with Crippen molar-refractivity contribution in [2.45, 2.75) is 63.2 Å². The molecule has 1 saturated heterocycles. The summed E-state index contributed by atoms with van der Waals surface area (Å²) in [4.78, 5) is 19.3. The number of halogens is 1. The number of ether oxygens (including phenoxy) is 2.